The molecule has 0 aliphatic carbocycles. The monoisotopic (exact) mass is 390 g/mol. The van der Waals surface area contributed by atoms with E-state index in [-0.39, 0.29) is 0 Å². The lowest BCUT2D eigenvalue weighted by Gasteiger charge is -2.07. The van der Waals surface area contributed by atoms with Gasteiger partial charge in [-0.15, -0.1) is 0 Å². The highest BCUT2D eigenvalue weighted by molar-refractivity contribution is 5.71. The molecule has 0 fully saturated rings. The van der Waals surface area contributed by atoms with Gasteiger partial charge in [-0.3, -0.25) is 4.68 Å². The number of rotatable bonds is 5. The second kappa shape index (κ2) is 7.84. The molecule has 0 bridgehead atoms. The summed E-state index contributed by atoms with van der Waals surface area (Å²) in [5.74, 6) is 0. The van der Waals surface area contributed by atoms with E-state index in [0.29, 0.717) is 0 Å². The van der Waals surface area contributed by atoms with Gasteiger partial charge >= 0.3 is 0 Å². The van der Waals surface area contributed by atoms with Crippen LogP contribution in [0.3, 0.4) is 0 Å². The highest BCUT2D eigenvalue weighted by Crippen LogP contribution is 2.30. The Morgan fingerprint density at radius 3 is 2.07 bits per heavy atom. The molecular formula is C26H22N4. The summed E-state index contributed by atoms with van der Waals surface area (Å²) in [7, 11) is 0. The fourth-order valence-electron chi connectivity index (χ4n) is 3.71. The van der Waals surface area contributed by atoms with Gasteiger partial charge in [-0.1, -0.05) is 78.9 Å². The first-order chi connectivity index (χ1) is 14.8. The molecule has 146 valence electrons. The minimum Gasteiger partial charge on any atom is -0.267 e. The van der Waals surface area contributed by atoms with Crippen molar-refractivity contribution in [3.8, 4) is 28.2 Å². The zero-order valence-corrected chi connectivity index (χ0v) is 16.8. The summed E-state index contributed by atoms with van der Waals surface area (Å²) >= 11 is 0. The normalized spacial score (nSPS) is 11.0. The molecule has 30 heavy (non-hydrogen) atoms. The van der Waals surface area contributed by atoms with E-state index < -0.39 is 0 Å². The molecule has 3 aromatic carbocycles. The molecule has 0 N–H and O–H groups in total. The Balaban J connectivity index is 1.58. The van der Waals surface area contributed by atoms with Crippen LogP contribution in [0.25, 0.3) is 28.2 Å². The van der Waals surface area contributed by atoms with E-state index in [4.69, 9.17) is 10.2 Å². The fraction of sp³-hybridized carbons (Fsp3) is 0.0769. The summed E-state index contributed by atoms with van der Waals surface area (Å²) in [4.78, 5) is 0. The molecule has 0 unspecified atom stereocenters. The summed E-state index contributed by atoms with van der Waals surface area (Å²) in [6.07, 6.45) is 2.09. The third-order valence-electron chi connectivity index (χ3n) is 5.19. The van der Waals surface area contributed by atoms with Crippen LogP contribution in [0, 0.1) is 6.92 Å². The van der Waals surface area contributed by atoms with E-state index >= 15 is 0 Å². The molecule has 2 heterocycles. The van der Waals surface area contributed by atoms with Gasteiger partial charge in [0.05, 0.1) is 29.3 Å². The van der Waals surface area contributed by atoms with Crippen molar-refractivity contribution in [3.63, 3.8) is 0 Å². The molecule has 0 saturated carbocycles. The van der Waals surface area contributed by atoms with Crippen molar-refractivity contribution >= 4 is 0 Å². The van der Waals surface area contributed by atoms with E-state index in [2.05, 4.69) is 72.9 Å². The van der Waals surface area contributed by atoms with E-state index in [0.717, 1.165) is 40.4 Å². The van der Waals surface area contributed by atoms with Gasteiger partial charge in [-0.05, 0) is 30.7 Å². The molecule has 0 saturated heterocycles. The third-order valence-corrected chi connectivity index (χ3v) is 5.19. The lowest BCUT2D eigenvalue weighted by molar-refractivity contribution is 0.679. The van der Waals surface area contributed by atoms with Gasteiger partial charge < -0.3 is 0 Å². The molecule has 0 radical (unpaired) electrons. The Morgan fingerprint density at radius 2 is 1.37 bits per heavy atom. The number of benzene rings is 3. The van der Waals surface area contributed by atoms with Crippen LogP contribution in [0.1, 0.15) is 11.3 Å². The highest BCUT2D eigenvalue weighted by atomic mass is 15.3. The van der Waals surface area contributed by atoms with Crippen LogP contribution in [-0.2, 0) is 6.54 Å². The Bertz CT molecular complexity index is 1200. The van der Waals surface area contributed by atoms with Crippen molar-refractivity contribution in [1.82, 2.24) is 19.6 Å². The van der Waals surface area contributed by atoms with Crippen LogP contribution in [0.5, 0.6) is 0 Å². The lowest BCUT2D eigenvalue weighted by atomic mass is 10.1. The first-order valence-electron chi connectivity index (χ1n) is 10.1. The maximum absolute atomic E-state index is 4.97. The lowest BCUT2D eigenvalue weighted by Crippen LogP contribution is -1.99. The average Bonchev–Trinajstić information content (AvgIpc) is 3.39. The molecule has 4 nitrogen and oxygen atoms in total. The maximum atomic E-state index is 4.97. The van der Waals surface area contributed by atoms with Crippen molar-refractivity contribution in [2.45, 2.75) is 13.5 Å². The van der Waals surface area contributed by atoms with Gasteiger partial charge in [0.2, 0.25) is 0 Å². The van der Waals surface area contributed by atoms with Crippen LogP contribution in [0.2, 0.25) is 0 Å². The summed E-state index contributed by atoms with van der Waals surface area (Å²) in [6.45, 7) is 2.78. The van der Waals surface area contributed by atoms with Gasteiger partial charge in [0.25, 0.3) is 0 Å². The molecule has 5 rings (SSSR count). The van der Waals surface area contributed by atoms with Gasteiger partial charge in [0.15, 0.2) is 0 Å². The fourth-order valence-corrected chi connectivity index (χ4v) is 3.71. The minimum absolute atomic E-state index is 0.743. The Labute approximate surface area is 176 Å². The number of aromatic nitrogens is 4. The molecule has 0 spiro atoms. The molecule has 0 aliphatic heterocycles. The minimum atomic E-state index is 0.743. The predicted octanol–water partition coefficient (Wildman–Crippen LogP) is 5.76. The van der Waals surface area contributed by atoms with Crippen LogP contribution < -0.4 is 0 Å². The van der Waals surface area contributed by atoms with E-state index in [9.17, 15) is 0 Å². The first-order valence-corrected chi connectivity index (χ1v) is 10.1. The van der Waals surface area contributed by atoms with Crippen molar-refractivity contribution in [3.05, 3.63) is 115 Å². The Kier molecular flexibility index (Phi) is 4.74. The predicted molar refractivity (Wildman–Crippen MR) is 121 cm³/mol. The SMILES string of the molecule is Cc1nn(Cc2ccccc2)cc1-c1cc(-c2ccccc2)n(-c2ccccc2)n1. The quantitative estimate of drug-likeness (QED) is 0.382. The summed E-state index contributed by atoms with van der Waals surface area (Å²) < 4.78 is 4.00. The number of para-hydroxylation sites is 1. The molecule has 0 atom stereocenters. The second-order valence-corrected chi connectivity index (χ2v) is 7.34. The molecule has 0 amide bonds. The molecule has 5 aromatic rings. The topological polar surface area (TPSA) is 35.6 Å². The molecular weight excluding hydrogens is 368 g/mol. The zero-order chi connectivity index (χ0) is 20.3. The number of hydrogen-bond acceptors (Lipinski definition) is 2. The maximum Gasteiger partial charge on any atom is 0.0968 e. The van der Waals surface area contributed by atoms with Crippen molar-refractivity contribution < 1.29 is 0 Å². The Morgan fingerprint density at radius 1 is 0.733 bits per heavy atom. The molecule has 2 aromatic heterocycles. The largest absolute Gasteiger partial charge is 0.267 e. The number of nitrogens with zero attached hydrogens (tertiary/aromatic N) is 4. The van der Waals surface area contributed by atoms with E-state index in [1.54, 1.807) is 0 Å². The van der Waals surface area contributed by atoms with Gasteiger partial charge in [-0.25, -0.2) is 4.68 Å². The standard InChI is InChI=1S/C26H22N4/c1-20-24(19-29(27-20)18-21-11-5-2-6-12-21)25-17-26(22-13-7-3-8-14-22)30(28-25)23-15-9-4-10-16-23/h2-17,19H,18H2,1H3. The van der Waals surface area contributed by atoms with E-state index in [1.807, 2.05) is 46.6 Å². The summed E-state index contributed by atoms with van der Waals surface area (Å²) in [5, 5.41) is 9.71. The number of hydrogen-bond donors (Lipinski definition) is 0. The molecule has 4 heteroatoms. The average molecular weight is 390 g/mol. The zero-order valence-electron chi connectivity index (χ0n) is 16.8. The number of aryl methyl sites for hydroxylation is 1. The van der Waals surface area contributed by atoms with Crippen LogP contribution in [0.4, 0.5) is 0 Å². The third kappa shape index (κ3) is 3.55. The van der Waals surface area contributed by atoms with Crippen LogP contribution in [0.15, 0.2) is 103 Å². The van der Waals surface area contributed by atoms with Gasteiger partial charge in [0, 0.05) is 17.3 Å². The molecule has 0 aliphatic rings. The van der Waals surface area contributed by atoms with Crippen molar-refractivity contribution in [2.24, 2.45) is 0 Å². The van der Waals surface area contributed by atoms with Crippen molar-refractivity contribution in [2.75, 3.05) is 0 Å². The smallest absolute Gasteiger partial charge is 0.0968 e. The Hall–Kier alpha value is -3.92. The van der Waals surface area contributed by atoms with Crippen molar-refractivity contribution in [1.29, 1.82) is 0 Å². The van der Waals surface area contributed by atoms with E-state index in [1.165, 1.54) is 5.56 Å². The summed E-state index contributed by atoms with van der Waals surface area (Å²) in [6, 6.07) is 33.2. The first kappa shape index (κ1) is 18.1. The summed E-state index contributed by atoms with van der Waals surface area (Å²) in [5.41, 5.74) is 7.42. The van der Waals surface area contributed by atoms with Gasteiger partial charge in [-0.2, -0.15) is 10.2 Å². The second-order valence-electron chi connectivity index (χ2n) is 7.34. The van der Waals surface area contributed by atoms with Crippen LogP contribution >= 0.6 is 0 Å². The van der Waals surface area contributed by atoms with Crippen LogP contribution in [-0.4, -0.2) is 19.6 Å². The highest BCUT2D eigenvalue weighted by Gasteiger charge is 2.16. The van der Waals surface area contributed by atoms with Gasteiger partial charge in [0.1, 0.15) is 0 Å².